The van der Waals surface area contributed by atoms with Gasteiger partial charge in [-0.1, -0.05) is 15.9 Å². The van der Waals surface area contributed by atoms with E-state index in [0.29, 0.717) is 23.0 Å². The van der Waals surface area contributed by atoms with Gasteiger partial charge in [0.2, 0.25) is 5.76 Å². The average Bonchev–Trinajstić information content (AvgIpc) is 2.62. The first kappa shape index (κ1) is 12.6. The Balaban J connectivity index is 2.24. The van der Waals surface area contributed by atoms with E-state index in [4.69, 9.17) is 10.2 Å². The molecule has 2 rings (SSSR count). The van der Waals surface area contributed by atoms with Crippen LogP contribution >= 0.6 is 15.9 Å². The Bertz CT molecular complexity index is 607. The zero-order chi connectivity index (χ0) is 13.3. The molecule has 0 unspecified atom stereocenters. The zero-order valence-corrected chi connectivity index (χ0v) is 11.5. The molecule has 0 bridgehead atoms. The summed E-state index contributed by atoms with van der Waals surface area (Å²) in [5, 5.41) is 2.69. The van der Waals surface area contributed by atoms with Gasteiger partial charge >= 0.3 is 0 Å². The third-order valence-corrected chi connectivity index (χ3v) is 2.86. The predicted octanol–water partition coefficient (Wildman–Crippen LogP) is 2.89. The lowest BCUT2D eigenvalue weighted by Crippen LogP contribution is -2.13. The highest BCUT2D eigenvalue weighted by Crippen LogP contribution is 2.24. The van der Waals surface area contributed by atoms with Crippen molar-refractivity contribution in [2.75, 3.05) is 11.1 Å². The molecule has 0 aliphatic carbocycles. The lowest BCUT2D eigenvalue weighted by atomic mass is 10.2. The number of aromatic nitrogens is 1. The van der Waals surface area contributed by atoms with E-state index in [9.17, 15) is 4.79 Å². The van der Waals surface area contributed by atoms with Gasteiger partial charge in [-0.15, -0.1) is 0 Å². The van der Waals surface area contributed by atoms with Crippen molar-refractivity contribution in [3.05, 3.63) is 40.0 Å². The average molecular weight is 310 g/mol. The molecule has 1 aromatic heterocycles. The lowest BCUT2D eigenvalue weighted by Gasteiger charge is -2.07. The first-order chi connectivity index (χ1) is 8.47. The van der Waals surface area contributed by atoms with E-state index in [1.54, 1.807) is 32.0 Å². The third kappa shape index (κ3) is 2.53. The first-order valence-corrected chi connectivity index (χ1v) is 6.07. The molecule has 0 saturated carbocycles. The topological polar surface area (TPSA) is 81.2 Å². The van der Waals surface area contributed by atoms with E-state index >= 15 is 0 Å². The van der Waals surface area contributed by atoms with Crippen molar-refractivity contribution in [2.45, 2.75) is 13.8 Å². The van der Waals surface area contributed by atoms with Gasteiger partial charge < -0.3 is 15.5 Å². The largest absolute Gasteiger partial charge is 0.436 e. The van der Waals surface area contributed by atoms with Crippen LogP contribution in [0.4, 0.5) is 11.4 Å². The standard InChI is InChI=1S/C12H12BrN3O2/c1-6-11(18-7(2)15-6)12(17)16-10-4-3-8(13)5-9(10)14/h3-5H,14H2,1-2H3,(H,16,17). The Morgan fingerprint density at radius 3 is 2.72 bits per heavy atom. The number of nitrogens with zero attached hydrogens (tertiary/aromatic N) is 1. The number of amides is 1. The first-order valence-electron chi connectivity index (χ1n) is 5.28. The molecule has 0 spiro atoms. The Morgan fingerprint density at radius 2 is 2.17 bits per heavy atom. The molecule has 5 nitrogen and oxygen atoms in total. The van der Waals surface area contributed by atoms with Gasteiger partial charge in [0.1, 0.15) is 0 Å². The van der Waals surface area contributed by atoms with Crippen molar-refractivity contribution < 1.29 is 9.21 Å². The number of nitrogens with two attached hydrogens (primary N) is 1. The summed E-state index contributed by atoms with van der Waals surface area (Å²) in [4.78, 5) is 16.0. The van der Waals surface area contributed by atoms with E-state index in [-0.39, 0.29) is 11.7 Å². The molecule has 0 atom stereocenters. The molecular formula is C12H12BrN3O2. The van der Waals surface area contributed by atoms with Crippen LogP contribution in [0.2, 0.25) is 0 Å². The molecule has 1 aromatic carbocycles. The number of hydrogen-bond donors (Lipinski definition) is 2. The molecule has 0 saturated heterocycles. The molecular weight excluding hydrogens is 298 g/mol. The second-order valence-electron chi connectivity index (χ2n) is 3.83. The van der Waals surface area contributed by atoms with E-state index in [0.717, 1.165) is 4.47 Å². The van der Waals surface area contributed by atoms with Crippen LogP contribution in [0, 0.1) is 13.8 Å². The van der Waals surface area contributed by atoms with Gasteiger partial charge in [-0.3, -0.25) is 4.79 Å². The van der Waals surface area contributed by atoms with Gasteiger partial charge in [0.15, 0.2) is 5.89 Å². The summed E-state index contributed by atoms with van der Waals surface area (Å²) in [6, 6.07) is 5.23. The fourth-order valence-corrected chi connectivity index (χ4v) is 1.95. The molecule has 18 heavy (non-hydrogen) atoms. The van der Waals surface area contributed by atoms with Crippen LogP contribution in [-0.2, 0) is 0 Å². The van der Waals surface area contributed by atoms with E-state index in [1.165, 1.54) is 0 Å². The molecule has 6 heteroatoms. The normalized spacial score (nSPS) is 10.4. The van der Waals surface area contributed by atoms with Crippen LogP contribution in [0.3, 0.4) is 0 Å². The second-order valence-corrected chi connectivity index (χ2v) is 4.75. The summed E-state index contributed by atoms with van der Waals surface area (Å²) in [6.07, 6.45) is 0. The van der Waals surface area contributed by atoms with Crippen LogP contribution < -0.4 is 11.1 Å². The summed E-state index contributed by atoms with van der Waals surface area (Å²) >= 11 is 3.30. The van der Waals surface area contributed by atoms with Gasteiger partial charge in [0.05, 0.1) is 17.1 Å². The number of halogens is 1. The summed E-state index contributed by atoms with van der Waals surface area (Å²) in [7, 11) is 0. The number of oxazole rings is 1. The third-order valence-electron chi connectivity index (χ3n) is 2.37. The predicted molar refractivity (Wildman–Crippen MR) is 72.5 cm³/mol. The van der Waals surface area contributed by atoms with E-state index < -0.39 is 0 Å². The highest BCUT2D eigenvalue weighted by atomic mass is 79.9. The highest BCUT2D eigenvalue weighted by Gasteiger charge is 2.16. The van der Waals surface area contributed by atoms with Crippen LogP contribution in [0.1, 0.15) is 22.1 Å². The lowest BCUT2D eigenvalue weighted by molar-refractivity contribution is 0.0994. The summed E-state index contributed by atoms with van der Waals surface area (Å²) < 4.78 is 6.09. The molecule has 0 aliphatic heterocycles. The van der Waals surface area contributed by atoms with Crippen LogP contribution in [0.15, 0.2) is 27.1 Å². The number of nitrogen functional groups attached to an aromatic ring is 1. The number of anilines is 2. The molecule has 0 radical (unpaired) electrons. The zero-order valence-electron chi connectivity index (χ0n) is 9.95. The number of aryl methyl sites for hydroxylation is 2. The van der Waals surface area contributed by atoms with Crippen molar-refractivity contribution >= 4 is 33.2 Å². The number of hydrogen-bond acceptors (Lipinski definition) is 4. The van der Waals surface area contributed by atoms with Crippen LogP contribution in [-0.4, -0.2) is 10.9 Å². The monoisotopic (exact) mass is 309 g/mol. The summed E-state index contributed by atoms with van der Waals surface area (Å²) in [5.41, 5.74) is 7.37. The Labute approximate surface area is 113 Å². The number of carbonyl (C=O) groups excluding carboxylic acids is 1. The van der Waals surface area contributed by atoms with Gasteiger partial charge in [0, 0.05) is 11.4 Å². The Morgan fingerprint density at radius 1 is 1.44 bits per heavy atom. The molecule has 3 N–H and O–H groups in total. The van der Waals surface area contributed by atoms with Gasteiger partial charge in [-0.2, -0.15) is 0 Å². The second kappa shape index (κ2) is 4.81. The highest BCUT2D eigenvalue weighted by molar-refractivity contribution is 9.10. The van der Waals surface area contributed by atoms with Gasteiger partial charge in [-0.25, -0.2) is 4.98 Å². The molecule has 1 heterocycles. The Hall–Kier alpha value is -1.82. The maximum atomic E-state index is 12.0. The van der Waals surface area contributed by atoms with Crippen molar-refractivity contribution in [2.24, 2.45) is 0 Å². The van der Waals surface area contributed by atoms with Crippen molar-refractivity contribution in [3.63, 3.8) is 0 Å². The number of benzene rings is 1. The van der Waals surface area contributed by atoms with Gasteiger partial charge in [0.25, 0.3) is 5.91 Å². The molecule has 94 valence electrons. The van der Waals surface area contributed by atoms with Crippen LogP contribution in [0.5, 0.6) is 0 Å². The fourth-order valence-electron chi connectivity index (χ4n) is 1.57. The minimum absolute atomic E-state index is 0.204. The van der Waals surface area contributed by atoms with Crippen molar-refractivity contribution in [3.8, 4) is 0 Å². The molecule has 1 amide bonds. The maximum absolute atomic E-state index is 12.0. The molecule has 0 aliphatic rings. The Kier molecular flexibility index (Phi) is 3.38. The minimum atomic E-state index is -0.359. The van der Waals surface area contributed by atoms with Crippen LogP contribution in [0.25, 0.3) is 0 Å². The SMILES string of the molecule is Cc1nc(C)c(C(=O)Nc2ccc(Br)cc2N)o1. The summed E-state index contributed by atoms with van der Waals surface area (Å²) in [5.74, 6) is 0.304. The van der Waals surface area contributed by atoms with Crippen molar-refractivity contribution in [1.82, 2.24) is 4.98 Å². The molecule has 2 aromatic rings. The van der Waals surface area contributed by atoms with Gasteiger partial charge in [-0.05, 0) is 25.1 Å². The quantitative estimate of drug-likeness (QED) is 0.836. The fraction of sp³-hybridized carbons (Fsp3) is 0.167. The molecule has 0 fully saturated rings. The number of nitrogens with one attached hydrogen (secondary N) is 1. The van der Waals surface area contributed by atoms with Crippen molar-refractivity contribution in [1.29, 1.82) is 0 Å². The van der Waals surface area contributed by atoms with E-state index in [2.05, 4.69) is 26.2 Å². The minimum Gasteiger partial charge on any atom is -0.436 e. The smallest absolute Gasteiger partial charge is 0.293 e. The maximum Gasteiger partial charge on any atom is 0.293 e. The van der Waals surface area contributed by atoms with E-state index in [1.807, 2.05) is 0 Å². The summed E-state index contributed by atoms with van der Waals surface area (Å²) in [6.45, 7) is 3.41. The number of rotatable bonds is 2. The number of carbonyl (C=O) groups is 1.